The average Bonchev–Trinajstić information content (AvgIpc) is 1.77. The number of halogens is 2. The Kier molecular flexibility index (Phi) is 2.16. The molecule has 11 heavy (non-hydrogen) atoms. The zero-order valence-electron chi connectivity index (χ0n) is 6.79. The number of rotatable bonds is 3. The summed E-state index contributed by atoms with van der Waals surface area (Å²) in [5.74, 6) is -2.63. The predicted octanol–water partition coefficient (Wildman–Crippen LogP) is 1.02. The maximum absolute atomic E-state index is 12.5. The number of nitrogens with one attached hydrogen (secondary N) is 1. The summed E-state index contributed by atoms with van der Waals surface area (Å²) in [6.07, 6.45) is -0.191. The standard InChI is InChI=1S/C7H13F2NO/c1-6(8,9)3-7(11-2)4-10-5-7/h10H,3-5H2,1-2H3. The number of methoxy groups -OCH3 is 1. The van der Waals surface area contributed by atoms with Crippen LogP contribution in [-0.2, 0) is 4.74 Å². The number of alkyl halides is 2. The Labute approximate surface area is 64.9 Å². The summed E-state index contributed by atoms with van der Waals surface area (Å²) in [4.78, 5) is 0. The lowest BCUT2D eigenvalue weighted by atomic mass is 9.90. The quantitative estimate of drug-likeness (QED) is 0.674. The summed E-state index contributed by atoms with van der Waals surface area (Å²) < 4.78 is 30.0. The molecule has 0 aromatic heterocycles. The molecule has 0 saturated carbocycles. The topological polar surface area (TPSA) is 21.3 Å². The van der Waals surface area contributed by atoms with E-state index in [0.29, 0.717) is 13.1 Å². The van der Waals surface area contributed by atoms with Gasteiger partial charge in [-0.3, -0.25) is 0 Å². The summed E-state index contributed by atoms with van der Waals surface area (Å²) in [7, 11) is 1.48. The van der Waals surface area contributed by atoms with E-state index in [1.54, 1.807) is 0 Å². The molecule has 4 heteroatoms. The van der Waals surface area contributed by atoms with Gasteiger partial charge < -0.3 is 10.1 Å². The molecule has 1 fully saturated rings. The van der Waals surface area contributed by atoms with Crippen molar-refractivity contribution in [2.75, 3.05) is 20.2 Å². The van der Waals surface area contributed by atoms with Crippen LogP contribution in [0.4, 0.5) is 8.78 Å². The summed E-state index contributed by atoms with van der Waals surface area (Å²) in [6, 6.07) is 0. The van der Waals surface area contributed by atoms with Crippen molar-refractivity contribution in [2.24, 2.45) is 0 Å². The average molecular weight is 165 g/mol. The van der Waals surface area contributed by atoms with Gasteiger partial charge in [-0.15, -0.1) is 0 Å². The molecular weight excluding hydrogens is 152 g/mol. The molecule has 0 amide bonds. The minimum Gasteiger partial charge on any atom is -0.375 e. The van der Waals surface area contributed by atoms with Gasteiger partial charge in [-0.1, -0.05) is 0 Å². The van der Waals surface area contributed by atoms with Crippen LogP contribution in [0.25, 0.3) is 0 Å². The fraction of sp³-hybridized carbons (Fsp3) is 1.00. The third-order valence-electron chi connectivity index (χ3n) is 1.96. The van der Waals surface area contributed by atoms with Crippen LogP contribution in [0.1, 0.15) is 13.3 Å². The van der Waals surface area contributed by atoms with E-state index in [1.165, 1.54) is 7.11 Å². The molecule has 0 aromatic rings. The van der Waals surface area contributed by atoms with Gasteiger partial charge in [-0.05, 0) is 6.92 Å². The van der Waals surface area contributed by atoms with Gasteiger partial charge in [0.2, 0.25) is 5.92 Å². The van der Waals surface area contributed by atoms with Crippen LogP contribution in [0, 0.1) is 0 Å². The van der Waals surface area contributed by atoms with E-state index in [9.17, 15) is 8.78 Å². The first-order chi connectivity index (χ1) is 4.97. The molecule has 0 bridgehead atoms. The highest BCUT2D eigenvalue weighted by atomic mass is 19.3. The van der Waals surface area contributed by atoms with Gasteiger partial charge in [0.1, 0.15) is 0 Å². The van der Waals surface area contributed by atoms with Crippen molar-refractivity contribution < 1.29 is 13.5 Å². The Morgan fingerprint density at radius 1 is 1.55 bits per heavy atom. The van der Waals surface area contributed by atoms with E-state index in [-0.39, 0.29) is 6.42 Å². The molecule has 2 nitrogen and oxygen atoms in total. The predicted molar refractivity (Wildman–Crippen MR) is 37.8 cm³/mol. The van der Waals surface area contributed by atoms with Crippen LogP contribution >= 0.6 is 0 Å². The summed E-state index contributed by atoms with van der Waals surface area (Å²) >= 11 is 0. The van der Waals surface area contributed by atoms with E-state index >= 15 is 0 Å². The van der Waals surface area contributed by atoms with Crippen molar-refractivity contribution in [2.45, 2.75) is 24.9 Å². The zero-order chi connectivity index (χ0) is 8.54. The monoisotopic (exact) mass is 165 g/mol. The van der Waals surface area contributed by atoms with Crippen LogP contribution < -0.4 is 5.32 Å². The molecule has 1 heterocycles. The number of hydrogen-bond acceptors (Lipinski definition) is 2. The first kappa shape index (κ1) is 8.87. The lowest BCUT2D eigenvalue weighted by Crippen LogP contribution is -2.62. The summed E-state index contributed by atoms with van der Waals surface area (Å²) in [6.45, 7) is 1.99. The molecular formula is C7H13F2NO. The Morgan fingerprint density at radius 2 is 2.09 bits per heavy atom. The SMILES string of the molecule is COC1(CC(C)(F)F)CNC1. The molecule has 1 rings (SSSR count). The maximum atomic E-state index is 12.5. The Balaban J connectivity index is 2.45. The third-order valence-corrected chi connectivity index (χ3v) is 1.96. The van der Waals surface area contributed by atoms with Gasteiger partial charge in [0, 0.05) is 26.6 Å². The van der Waals surface area contributed by atoms with Crippen molar-refractivity contribution in [1.29, 1.82) is 0 Å². The van der Waals surface area contributed by atoms with Gasteiger partial charge in [0.15, 0.2) is 0 Å². The van der Waals surface area contributed by atoms with Gasteiger partial charge >= 0.3 is 0 Å². The van der Waals surface area contributed by atoms with Gasteiger partial charge in [-0.25, -0.2) is 8.78 Å². The molecule has 1 saturated heterocycles. The fourth-order valence-corrected chi connectivity index (χ4v) is 1.31. The van der Waals surface area contributed by atoms with Crippen LogP contribution in [0.2, 0.25) is 0 Å². The molecule has 0 radical (unpaired) electrons. The van der Waals surface area contributed by atoms with Crippen LogP contribution in [0.5, 0.6) is 0 Å². The smallest absolute Gasteiger partial charge is 0.248 e. The zero-order valence-corrected chi connectivity index (χ0v) is 6.79. The largest absolute Gasteiger partial charge is 0.375 e. The van der Waals surface area contributed by atoms with E-state index < -0.39 is 11.5 Å². The number of ether oxygens (including phenoxy) is 1. The van der Waals surface area contributed by atoms with E-state index in [4.69, 9.17) is 4.74 Å². The number of hydrogen-bond donors (Lipinski definition) is 1. The molecule has 0 atom stereocenters. The third kappa shape index (κ3) is 2.10. The first-order valence-electron chi connectivity index (χ1n) is 3.61. The molecule has 0 aliphatic carbocycles. The van der Waals surface area contributed by atoms with Crippen molar-refractivity contribution in [3.63, 3.8) is 0 Å². The minimum absolute atomic E-state index is 0.191. The maximum Gasteiger partial charge on any atom is 0.248 e. The Hall–Kier alpha value is -0.220. The molecule has 0 spiro atoms. The molecule has 0 aromatic carbocycles. The van der Waals surface area contributed by atoms with Crippen molar-refractivity contribution in [3.8, 4) is 0 Å². The van der Waals surface area contributed by atoms with Crippen LogP contribution in [0.15, 0.2) is 0 Å². The lowest BCUT2D eigenvalue weighted by molar-refractivity contribution is -0.121. The van der Waals surface area contributed by atoms with Gasteiger partial charge in [0.25, 0.3) is 0 Å². The molecule has 1 N–H and O–H groups in total. The highest BCUT2D eigenvalue weighted by molar-refractivity contribution is 4.96. The van der Waals surface area contributed by atoms with E-state index in [2.05, 4.69) is 5.32 Å². The van der Waals surface area contributed by atoms with Gasteiger partial charge in [-0.2, -0.15) is 0 Å². The highest BCUT2D eigenvalue weighted by Crippen LogP contribution is 2.30. The van der Waals surface area contributed by atoms with Gasteiger partial charge in [0.05, 0.1) is 5.60 Å². The minimum atomic E-state index is -2.63. The van der Waals surface area contributed by atoms with Crippen molar-refractivity contribution in [3.05, 3.63) is 0 Å². The molecule has 66 valence electrons. The van der Waals surface area contributed by atoms with Crippen molar-refractivity contribution >= 4 is 0 Å². The fourth-order valence-electron chi connectivity index (χ4n) is 1.31. The Bertz CT molecular complexity index is 134. The van der Waals surface area contributed by atoms with Crippen LogP contribution in [0.3, 0.4) is 0 Å². The summed E-state index contributed by atoms with van der Waals surface area (Å²) in [5, 5.41) is 2.92. The lowest BCUT2D eigenvalue weighted by Gasteiger charge is -2.42. The normalized spacial score (nSPS) is 22.9. The first-order valence-corrected chi connectivity index (χ1v) is 3.61. The van der Waals surface area contributed by atoms with Crippen LogP contribution in [-0.4, -0.2) is 31.7 Å². The molecule has 1 aliphatic heterocycles. The molecule has 0 unspecified atom stereocenters. The second-order valence-electron chi connectivity index (χ2n) is 3.24. The molecule has 1 aliphatic rings. The summed E-state index contributed by atoms with van der Waals surface area (Å²) in [5.41, 5.74) is -0.613. The highest BCUT2D eigenvalue weighted by Gasteiger charge is 2.43. The second-order valence-corrected chi connectivity index (χ2v) is 3.24. The van der Waals surface area contributed by atoms with Crippen molar-refractivity contribution in [1.82, 2.24) is 5.32 Å². The van der Waals surface area contributed by atoms with E-state index in [1.807, 2.05) is 0 Å². The second kappa shape index (κ2) is 2.68. The van der Waals surface area contributed by atoms with E-state index in [0.717, 1.165) is 6.92 Å². The Morgan fingerprint density at radius 3 is 2.18 bits per heavy atom.